The molecule has 3 aromatic rings. The normalized spacial score (nSPS) is 14.2. The molecule has 3 N–H and O–H groups in total. The van der Waals surface area contributed by atoms with Gasteiger partial charge in [-0.25, -0.2) is 4.79 Å². The predicted molar refractivity (Wildman–Crippen MR) is 135 cm³/mol. The van der Waals surface area contributed by atoms with Gasteiger partial charge in [-0.1, -0.05) is 72.8 Å². The number of aliphatic hydroxyl groups is 2. The number of rotatable bonds is 10. The van der Waals surface area contributed by atoms with Crippen LogP contribution in [0.2, 0.25) is 0 Å². The molecule has 0 spiro atoms. The number of Topliss-reactive ketones (excluding diaryl/α,β-unsaturated/α-hetero) is 2. The molecule has 1 amide bonds. The third-order valence-electron chi connectivity index (χ3n) is 6.63. The Morgan fingerprint density at radius 2 is 1.44 bits per heavy atom. The molecule has 3 aromatic carbocycles. The van der Waals surface area contributed by atoms with E-state index in [1.807, 2.05) is 48.5 Å². The van der Waals surface area contributed by atoms with Crippen molar-refractivity contribution in [2.24, 2.45) is 0 Å². The summed E-state index contributed by atoms with van der Waals surface area (Å²) in [5, 5.41) is 23.2. The molecule has 0 saturated carbocycles. The average Bonchev–Trinajstić information content (AvgIpc) is 3.24. The molecule has 0 radical (unpaired) electrons. The Balaban J connectivity index is 1.24. The van der Waals surface area contributed by atoms with Gasteiger partial charge in [-0.2, -0.15) is 13.2 Å². The van der Waals surface area contributed by atoms with Gasteiger partial charge >= 0.3 is 12.3 Å². The first kappa shape index (κ1) is 28.0. The van der Waals surface area contributed by atoms with Gasteiger partial charge in [0.2, 0.25) is 5.78 Å². The van der Waals surface area contributed by atoms with Crippen LogP contribution in [-0.4, -0.2) is 53.3 Å². The van der Waals surface area contributed by atoms with Crippen molar-refractivity contribution in [3.05, 3.63) is 95.1 Å². The van der Waals surface area contributed by atoms with Crippen molar-refractivity contribution in [3.63, 3.8) is 0 Å². The van der Waals surface area contributed by atoms with Gasteiger partial charge in [0.1, 0.15) is 12.7 Å². The Hall–Kier alpha value is -4.02. The molecule has 1 aliphatic rings. The zero-order valence-electron chi connectivity index (χ0n) is 20.6. The monoisotopic (exact) mass is 541 g/mol. The third kappa shape index (κ3) is 6.52. The van der Waals surface area contributed by atoms with E-state index in [0.717, 1.165) is 22.3 Å². The molecule has 2 unspecified atom stereocenters. The van der Waals surface area contributed by atoms with Crippen molar-refractivity contribution in [1.29, 1.82) is 0 Å². The molecular weight excluding hydrogens is 515 g/mol. The number of hydrogen-bond acceptors (Lipinski definition) is 6. The van der Waals surface area contributed by atoms with Crippen LogP contribution >= 0.6 is 0 Å². The number of carbonyl (C=O) groups excluding carboxylic acids is 3. The van der Waals surface area contributed by atoms with Crippen LogP contribution in [0.3, 0.4) is 0 Å². The van der Waals surface area contributed by atoms with E-state index >= 15 is 0 Å². The Labute approximate surface area is 222 Å². The standard InChI is InChI=1S/C29H26F3NO6/c30-29(31,32)26(36)15-25(35)17-9-11-18(12-10-17)27(37)24(34)13-14-33-28(38)39-16-23-21-7-3-1-5-19(21)20-6-2-4-8-22(20)23/h1-12,23-24,27,34,37H,13-16H2,(H,33,38). The molecule has 204 valence electrons. The van der Waals surface area contributed by atoms with Crippen LogP contribution in [0, 0.1) is 0 Å². The number of ether oxygens (including phenoxy) is 1. The molecule has 0 saturated heterocycles. The first-order chi connectivity index (χ1) is 18.6. The van der Waals surface area contributed by atoms with E-state index in [1.54, 1.807) is 0 Å². The SMILES string of the molecule is O=C(NCCC(O)C(O)c1ccc(C(=O)CC(=O)C(F)(F)F)cc1)OCC1c2ccccc2-c2ccccc21. The number of amides is 1. The highest BCUT2D eigenvalue weighted by Crippen LogP contribution is 2.44. The second kappa shape index (κ2) is 11.8. The number of alkyl halides is 3. The van der Waals surface area contributed by atoms with E-state index < -0.39 is 42.5 Å². The smallest absolute Gasteiger partial charge is 0.449 e. The predicted octanol–water partition coefficient (Wildman–Crippen LogP) is 4.71. The van der Waals surface area contributed by atoms with E-state index in [1.165, 1.54) is 24.3 Å². The highest BCUT2D eigenvalue weighted by atomic mass is 19.4. The lowest BCUT2D eigenvalue weighted by atomic mass is 9.98. The molecule has 7 nitrogen and oxygen atoms in total. The van der Waals surface area contributed by atoms with Crippen LogP contribution < -0.4 is 5.32 Å². The Morgan fingerprint density at radius 3 is 2.00 bits per heavy atom. The molecule has 0 aromatic heterocycles. The number of carbonyl (C=O) groups is 3. The summed E-state index contributed by atoms with van der Waals surface area (Å²) in [6.07, 6.45) is -9.76. The number of ketones is 2. The van der Waals surface area contributed by atoms with Crippen LogP contribution in [0.1, 0.15) is 51.9 Å². The highest BCUT2D eigenvalue weighted by Gasteiger charge is 2.39. The number of nitrogens with one attached hydrogen (secondary N) is 1. The quantitative estimate of drug-likeness (QED) is 0.253. The Bertz CT molecular complexity index is 1310. The maximum Gasteiger partial charge on any atom is 0.450 e. The Morgan fingerprint density at radius 1 is 0.872 bits per heavy atom. The molecule has 39 heavy (non-hydrogen) atoms. The largest absolute Gasteiger partial charge is 0.450 e. The molecule has 0 bridgehead atoms. The van der Waals surface area contributed by atoms with Crippen LogP contribution in [0.5, 0.6) is 0 Å². The van der Waals surface area contributed by atoms with Crippen LogP contribution in [0.4, 0.5) is 18.0 Å². The highest BCUT2D eigenvalue weighted by molar-refractivity contribution is 6.09. The summed E-state index contributed by atoms with van der Waals surface area (Å²) in [7, 11) is 0. The van der Waals surface area contributed by atoms with Gasteiger partial charge in [0.15, 0.2) is 5.78 Å². The number of alkyl carbamates (subject to hydrolysis) is 1. The second-order valence-corrected chi connectivity index (χ2v) is 9.20. The minimum Gasteiger partial charge on any atom is -0.449 e. The van der Waals surface area contributed by atoms with Crippen LogP contribution in [0.15, 0.2) is 72.8 Å². The lowest BCUT2D eigenvalue weighted by Gasteiger charge is -2.19. The lowest BCUT2D eigenvalue weighted by molar-refractivity contribution is -0.170. The van der Waals surface area contributed by atoms with Crippen LogP contribution in [-0.2, 0) is 9.53 Å². The summed E-state index contributed by atoms with van der Waals surface area (Å²) in [4.78, 5) is 35.2. The van der Waals surface area contributed by atoms with Crippen molar-refractivity contribution in [2.75, 3.05) is 13.2 Å². The maximum atomic E-state index is 12.4. The topological polar surface area (TPSA) is 113 Å². The van der Waals surface area contributed by atoms with Gasteiger partial charge in [-0.3, -0.25) is 9.59 Å². The fourth-order valence-corrected chi connectivity index (χ4v) is 4.57. The fraction of sp³-hybridized carbons (Fsp3) is 0.276. The Kier molecular flexibility index (Phi) is 8.47. The van der Waals surface area contributed by atoms with E-state index in [4.69, 9.17) is 4.74 Å². The van der Waals surface area contributed by atoms with E-state index in [-0.39, 0.29) is 36.6 Å². The summed E-state index contributed by atoms with van der Waals surface area (Å²) >= 11 is 0. The van der Waals surface area contributed by atoms with Crippen molar-refractivity contribution < 1.29 is 42.5 Å². The zero-order chi connectivity index (χ0) is 28.2. The van der Waals surface area contributed by atoms with Gasteiger partial charge in [-0.15, -0.1) is 0 Å². The number of fused-ring (bicyclic) bond motifs is 3. The van der Waals surface area contributed by atoms with Crippen molar-refractivity contribution in [1.82, 2.24) is 5.32 Å². The van der Waals surface area contributed by atoms with Crippen molar-refractivity contribution in [3.8, 4) is 11.1 Å². The summed E-state index contributed by atoms with van der Waals surface area (Å²) in [5.74, 6) is -3.25. The molecule has 0 heterocycles. The molecule has 2 atom stereocenters. The molecule has 4 rings (SSSR count). The number of benzene rings is 3. The van der Waals surface area contributed by atoms with E-state index in [2.05, 4.69) is 5.32 Å². The minimum atomic E-state index is -5.09. The molecular formula is C29H26F3NO6. The van der Waals surface area contributed by atoms with Crippen molar-refractivity contribution >= 4 is 17.7 Å². The van der Waals surface area contributed by atoms with Gasteiger partial charge in [0, 0.05) is 18.0 Å². The van der Waals surface area contributed by atoms with Gasteiger partial charge < -0.3 is 20.3 Å². The molecule has 1 aliphatic carbocycles. The summed E-state index contributed by atoms with van der Waals surface area (Å²) in [6.45, 7) is 0.135. The summed E-state index contributed by atoms with van der Waals surface area (Å²) in [6, 6.07) is 20.7. The van der Waals surface area contributed by atoms with Crippen LogP contribution in [0.25, 0.3) is 11.1 Å². The van der Waals surface area contributed by atoms with Crippen molar-refractivity contribution in [2.45, 2.75) is 37.1 Å². The van der Waals surface area contributed by atoms with E-state index in [9.17, 15) is 37.8 Å². The first-order valence-electron chi connectivity index (χ1n) is 12.2. The average molecular weight is 542 g/mol. The van der Waals surface area contributed by atoms with Gasteiger partial charge in [0.25, 0.3) is 0 Å². The third-order valence-corrected chi connectivity index (χ3v) is 6.63. The number of halogens is 3. The summed E-state index contributed by atoms with van der Waals surface area (Å²) < 4.78 is 42.5. The minimum absolute atomic E-state index is 0.00498. The second-order valence-electron chi connectivity index (χ2n) is 9.20. The van der Waals surface area contributed by atoms with E-state index in [0.29, 0.717) is 0 Å². The number of aliphatic hydroxyl groups excluding tert-OH is 2. The molecule has 10 heteroatoms. The van der Waals surface area contributed by atoms with Gasteiger partial charge in [-0.05, 0) is 34.2 Å². The molecule has 0 aliphatic heterocycles. The lowest BCUT2D eigenvalue weighted by Crippen LogP contribution is -2.30. The fourth-order valence-electron chi connectivity index (χ4n) is 4.57. The van der Waals surface area contributed by atoms with Gasteiger partial charge in [0.05, 0.1) is 12.5 Å². The zero-order valence-corrected chi connectivity index (χ0v) is 20.6. The first-order valence-corrected chi connectivity index (χ1v) is 12.2. The number of hydrogen-bond donors (Lipinski definition) is 3. The molecule has 0 fully saturated rings. The summed E-state index contributed by atoms with van der Waals surface area (Å²) in [5.41, 5.74) is 4.43. The maximum absolute atomic E-state index is 12.4.